The van der Waals surface area contributed by atoms with Gasteiger partial charge in [-0.25, -0.2) is 0 Å². The van der Waals surface area contributed by atoms with Gasteiger partial charge in [-0.2, -0.15) is 0 Å². The zero-order valence-electron chi connectivity index (χ0n) is 8.88. The molecule has 0 bridgehead atoms. The first-order valence-corrected chi connectivity index (χ1v) is 5.76. The fraction of sp³-hybridized carbons (Fsp3) is 0.400. The third kappa shape index (κ3) is 2.97. The fourth-order valence-corrected chi connectivity index (χ4v) is 1.91. The maximum Gasteiger partial charge on any atom is 0.490 e. The van der Waals surface area contributed by atoms with Gasteiger partial charge in [-0.3, -0.25) is 0 Å². The summed E-state index contributed by atoms with van der Waals surface area (Å²) in [5.41, 5.74) is 1.27. The van der Waals surface area contributed by atoms with Crippen LogP contribution in [0.4, 0.5) is 0 Å². The molecule has 0 saturated carbocycles. The van der Waals surface area contributed by atoms with Crippen molar-refractivity contribution >= 4 is 40.1 Å². The van der Waals surface area contributed by atoms with Gasteiger partial charge in [0.05, 0.1) is 5.02 Å². The van der Waals surface area contributed by atoms with Gasteiger partial charge in [0.25, 0.3) is 0 Å². The number of hydrogen-bond acceptors (Lipinski definition) is 2. The SMILES string of the molecule is CC(C)(C)c1cc(Br)c(Cl)c(B(O)O)c1. The average Bonchev–Trinajstić information content (AvgIpc) is 2.06. The molecule has 0 aliphatic heterocycles. The lowest BCUT2D eigenvalue weighted by atomic mass is 9.76. The quantitative estimate of drug-likeness (QED) is 0.778. The van der Waals surface area contributed by atoms with Crippen LogP contribution in [-0.4, -0.2) is 17.2 Å². The number of benzene rings is 1. The molecule has 0 aromatic heterocycles. The smallest absolute Gasteiger partial charge is 0.423 e. The molecular formula is C10H13BBrClO2. The summed E-state index contributed by atoms with van der Waals surface area (Å²) in [6.45, 7) is 6.16. The maximum atomic E-state index is 9.17. The van der Waals surface area contributed by atoms with Crippen molar-refractivity contribution in [2.24, 2.45) is 0 Å². The lowest BCUT2D eigenvalue weighted by Crippen LogP contribution is -2.32. The van der Waals surface area contributed by atoms with Crippen LogP contribution in [0.2, 0.25) is 5.02 Å². The van der Waals surface area contributed by atoms with Gasteiger partial charge in [0.15, 0.2) is 0 Å². The third-order valence-corrected chi connectivity index (χ3v) is 3.48. The van der Waals surface area contributed by atoms with Crippen LogP contribution in [0.25, 0.3) is 0 Å². The largest absolute Gasteiger partial charge is 0.490 e. The molecule has 0 atom stereocenters. The van der Waals surface area contributed by atoms with E-state index in [0.29, 0.717) is 15.0 Å². The average molecular weight is 291 g/mol. The second kappa shape index (κ2) is 4.46. The molecule has 0 unspecified atom stereocenters. The molecule has 0 spiro atoms. The van der Waals surface area contributed by atoms with E-state index in [2.05, 4.69) is 36.7 Å². The molecule has 1 aromatic carbocycles. The molecule has 0 amide bonds. The normalized spacial score (nSPS) is 11.7. The molecule has 0 fully saturated rings. The Morgan fingerprint density at radius 1 is 1.27 bits per heavy atom. The Morgan fingerprint density at radius 2 is 1.80 bits per heavy atom. The topological polar surface area (TPSA) is 40.5 Å². The molecule has 0 heterocycles. The van der Waals surface area contributed by atoms with Gasteiger partial charge in [0.1, 0.15) is 0 Å². The lowest BCUT2D eigenvalue weighted by Gasteiger charge is -2.21. The van der Waals surface area contributed by atoms with Crippen molar-refractivity contribution in [1.82, 2.24) is 0 Å². The highest BCUT2D eigenvalue weighted by Gasteiger charge is 2.22. The number of halogens is 2. The van der Waals surface area contributed by atoms with Crippen LogP contribution < -0.4 is 5.46 Å². The molecule has 1 rings (SSSR count). The molecular weight excluding hydrogens is 278 g/mol. The molecule has 0 aliphatic carbocycles. The zero-order valence-corrected chi connectivity index (χ0v) is 11.2. The van der Waals surface area contributed by atoms with E-state index in [1.54, 1.807) is 6.07 Å². The first-order valence-electron chi connectivity index (χ1n) is 4.59. The molecule has 1 aromatic rings. The monoisotopic (exact) mass is 290 g/mol. The van der Waals surface area contributed by atoms with Crippen LogP contribution in [0.3, 0.4) is 0 Å². The van der Waals surface area contributed by atoms with E-state index < -0.39 is 7.12 Å². The summed E-state index contributed by atoms with van der Waals surface area (Å²) < 4.78 is 0.680. The van der Waals surface area contributed by atoms with Crippen molar-refractivity contribution in [3.63, 3.8) is 0 Å². The van der Waals surface area contributed by atoms with Gasteiger partial charge in [-0.1, -0.05) is 38.4 Å². The first-order chi connectivity index (χ1) is 6.73. The highest BCUT2D eigenvalue weighted by molar-refractivity contribution is 9.10. The van der Waals surface area contributed by atoms with Gasteiger partial charge in [0, 0.05) is 9.94 Å². The third-order valence-electron chi connectivity index (χ3n) is 2.20. The van der Waals surface area contributed by atoms with E-state index in [0.717, 1.165) is 5.56 Å². The Hall–Kier alpha value is -0.0251. The van der Waals surface area contributed by atoms with Crippen LogP contribution in [0.5, 0.6) is 0 Å². The van der Waals surface area contributed by atoms with E-state index in [-0.39, 0.29) is 5.41 Å². The highest BCUT2D eigenvalue weighted by Crippen LogP contribution is 2.28. The van der Waals surface area contributed by atoms with Gasteiger partial charge in [0.2, 0.25) is 0 Å². The van der Waals surface area contributed by atoms with Crippen molar-refractivity contribution in [3.05, 3.63) is 27.2 Å². The number of rotatable bonds is 1. The predicted molar refractivity (Wildman–Crippen MR) is 67.7 cm³/mol. The molecule has 0 saturated heterocycles. The van der Waals surface area contributed by atoms with Crippen molar-refractivity contribution in [2.45, 2.75) is 26.2 Å². The van der Waals surface area contributed by atoms with Crippen molar-refractivity contribution < 1.29 is 10.0 Å². The number of hydrogen-bond donors (Lipinski definition) is 2. The lowest BCUT2D eigenvalue weighted by molar-refractivity contribution is 0.425. The van der Waals surface area contributed by atoms with Crippen molar-refractivity contribution in [3.8, 4) is 0 Å². The summed E-state index contributed by atoms with van der Waals surface area (Å²) in [5, 5.41) is 18.7. The molecule has 15 heavy (non-hydrogen) atoms. The summed E-state index contributed by atoms with van der Waals surface area (Å²) in [4.78, 5) is 0. The van der Waals surface area contributed by atoms with E-state index >= 15 is 0 Å². The molecule has 5 heteroatoms. The van der Waals surface area contributed by atoms with Gasteiger partial charge in [-0.05, 0) is 33.0 Å². The van der Waals surface area contributed by atoms with E-state index in [4.69, 9.17) is 21.6 Å². The van der Waals surface area contributed by atoms with Gasteiger partial charge >= 0.3 is 7.12 Å². The predicted octanol–water partition coefficient (Wildman–Crippen LogP) is 2.08. The minimum atomic E-state index is -1.55. The molecule has 82 valence electrons. The standard InChI is InChI=1S/C10H13BBrClO2/c1-10(2,3)6-4-7(11(14)15)9(13)8(12)5-6/h4-5,14-15H,1-3H3. The van der Waals surface area contributed by atoms with Crippen LogP contribution >= 0.6 is 27.5 Å². The first kappa shape index (κ1) is 13.0. The van der Waals surface area contributed by atoms with E-state index in [9.17, 15) is 0 Å². The summed E-state index contributed by atoms with van der Waals surface area (Å²) in [5.74, 6) is 0. The van der Waals surface area contributed by atoms with Crippen LogP contribution in [0, 0.1) is 0 Å². The van der Waals surface area contributed by atoms with Crippen LogP contribution in [0.15, 0.2) is 16.6 Å². The summed E-state index contributed by atoms with van der Waals surface area (Å²) in [7, 11) is -1.55. The van der Waals surface area contributed by atoms with Gasteiger partial charge in [-0.15, -0.1) is 0 Å². The Balaban J connectivity index is 3.36. The molecule has 0 aliphatic rings. The molecule has 0 radical (unpaired) electrons. The fourth-order valence-electron chi connectivity index (χ4n) is 1.23. The maximum absolute atomic E-state index is 9.17. The van der Waals surface area contributed by atoms with Crippen LogP contribution in [0.1, 0.15) is 26.3 Å². The van der Waals surface area contributed by atoms with Crippen molar-refractivity contribution in [2.75, 3.05) is 0 Å². The Kier molecular flexibility index (Phi) is 3.88. The second-order valence-corrected chi connectivity index (χ2v) is 5.72. The summed E-state index contributed by atoms with van der Waals surface area (Å²) in [6.07, 6.45) is 0. The zero-order chi connectivity index (χ0) is 11.8. The summed E-state index contributed by atoms with van der Waals surface area (Å²) >= 11 is 9.25. The minimum absolute atomic E-state index is 0.0588. The molecule has 2 nitrogen and oxygen atoms in total. The minimum Gasteiger partial charge on any atom is -0.423 e. The van der Waals surface area contributed by atoms with Crippen LogP contribution in [-0.2, 0) is 5.41 Å². The summed E-state index contributed by atoms with van der Waals surface area (Å²) in [6, 6.07) is 3.62. The van der Waals surface area contributed by atoms with E-state index in [1.807, 2.05) is 6.07 Å². The van der Waals surface area contributed by atoms with Gasteiger partial charge < -0.3 is 10.0 Å². The Morgan fingerprint density at radius 3 is 2.20 bits per heavy atom. The second-order valence-electron chi connectivity index (χ2n) is 4.48. The van der Waals surface area contributed by atoms with Crippen molar-refractivity contribution in [1.29, 1.82) is 0 Å². The Labute approximate surface area is 104 Å². The Bertz CT molecular complexity index is 374. The molecule has 2 N–H and O–H groups in total. The van der Waals surface area contributed by atoms with E-state index in [1.165, 1.54) is 0 Å². The highest BCUT2D eigenvalue weighted by atomic mass is 79.9.